The lowest BCUT2D eigenvalue weighted by Crippen LogP contribution is -2.45. The van der Waals surface area contributed by atoms with E-state index >= 15 is 0 Å². The van der Waals surface area contributed by atoms with Crippen LogP contribution in [0.4, 0.5) is 0 Å². The van der Waals surface area contributed by atoms with E-state index in [1.807, 2.05) is 31.2 Å². The van der Waals surface area contributed by atoms with E-state index < -0.39 is 10.0 Å². The van der Waals surface area contributed by atoms with Gasteiger partial charge in [0.15, 0.2) is 0 Å². The zero-order valence-electron chi connectivity index (χ0n) is 17.3. The second-order valence-electron chi connectivity index (χ2n) is 7.17. The van der Waals surface area contributed by atoms with Gasteiger partial charge < -0.3 is 14.8 Å². The number of nitrogens with zero attached hydrogens (tertiary/aromatic N) is 1. The van der Waals surface area contributed by atoms with Gasteiger partial charge in [-0.05, 0) is 61.7 Å². The number of sulfonamides is 1. The molecule has 0 radical (unpaired) electrons. The number of methoxy groups -OCH3 is 1. The molecular formula is C22H28N2O5S. The molecule has 0 unspecified atom stereocenters. The summed E-state index contributed by atoms with van der Waals surface area (Å²) in [5.41, 5.74) is 0.957. The molecule has 7 nitrogen and oxygen atoms in total. The van der Waals surface area contributed by atoms with Crippen molar-refractivity contribution >= 4 is 15.9 Å². The van der Waals surface area contributed by atoms with Crippen molar-refractivity contribution in [1.82, 2.24) is 9.62 Å². The second-order valence-corrected chi connectivity index (χ2v) is 9.11. The molecule has 8 heteroatoms. The molecule has 2 aromatic carbocycles. The van der Waals surface area contributed by atoms with Crippen molar-refractivity contribution in [3.8, 4) is 11.5 Å². The Bertz CT molecular complexity index is 942. The minimum Gasteiger partial charge on any atom is -0.497 e. The molecule has 1 aliphatic heterocycles. The smallest absolute Gasteiger partial charge is 0.243 e. The number of ether oxygens (including phenoxy) is 2. The van der Waals surface area contributed by atoms with E-state index in [2.05, 4.69) is 5.32 Å². The fourth-order valence-corrected chi connectivity index (χ4v) is 5.00. The van der Waals surface area contributed by atoms with Gasteiger partial charge in [0, 0.05) is 19.6 Å². The average Bonchev–Trinajstić information content (AvgIpc) is 2.78. The molecule has 1 amide bonds. The fourth-order valence-electron chi connectivity index (χ4n) is 3.48. The largest absolute Gasteiger partial charge is 0.497 e. The van der Waals surface area contributed by atoms with Crippen LogP contribution < -0.4 is 14.8 Å². The molecule has 1 fully saturated rings. The standard InChI is InChI=1S/C22H28N2O5S/c1-3-29-20-10-12-21(13-11-20)30(26,27)24-14-4-5-18(16-24)22(25)23-15-17-6-8-19(28-2)9-7-17/h6-13,18H,3-5,14-16H2,1-2H3,(H,23,25)/t18-/m1/s1. The van der Waals surface area contributed by atoms with Crippen molar-refractivity contribution in [3.05, 3.63) is 54.1 Å². The van der Waals surface area contributed by atoms with Gasteiger partial charge in [0.05, 0.1) is 24.5 Å². The van der Waals surface area contributed by atoms with Crippen LogP contribution in [0.3, 0.4) is 0 Å². The van der Waals surface area contributed by atoms with E-state index in [0.717, 1.165) is 11.3 Å². The Kier molecular flexibility index (Phi) is 7.33. The fraction of sp³-hybridized carbons (Fsp3) is 0.409. The van der Waals surface area contributed by atoms with Gasteiger partial charge in [-0.1, -0.05) is 12.1 Å². The average molecular weight is 433 g/mol. The lowest BCUT2D eigenvalue weighted by Gasteiger charge is -2.31. The van der Waals surface area contributed by atoms with E-state index in [4.69, 9.17) is 9.47 Å². The summed E-state index contributed by atoms with van der Waals surface area (Å²) < 4.78 is 37.9. The predicted octanol–water partition coefficient (Wildman–Crippen LogP) is 2.81. The monoisotopic (exact) mass is 432 g/mol. The molecule has 0 bridgehead atoms. The highest BCUT2D eigenvalue weighted by Crippen LogP contribution is 2.25. The first-order valence-corrected chi connectivity index (χ1v) is 11.5. The first kappa shape index (κ1) is 22.1. The summed E-state index contributed by atoms with van der Waals surface area (Å²) in [5, 5.41) is 2.92. The third kappa shape index (κ3) is 5.31. The number of nitrogens with one attached hydrogen (secondary N) is 1. The second kappa shape index (κ2) is 9.95. The van der Waals surface area contributed by atoms with Gasteiger partial charge in [-0.25, -0.2) is 8.42 Å². The van der Waals surface area contributed by atoms with Crippen LogP contribution in [0.1, 0.15) is 25.3 Å². The van der Waals surface area contributed by atoms with Crippen LogP contribution in [0.2, 0.25) is 0 Å². The predicted molar refractivity (Wildman–Crippen MR) is 114 cm³/mol. The summed E-state index contributed by atoms with van der Waals surface area (Å²) in [6, 6.07) is 13.9. The molecule has 162 valence electrons. The normalized spacial score (nSPS) is 17.3. The molecule has 0 spiro atoms. The van der Waals surface area contributed by atoms with Crippen molar-refractivity contribution in [2.24, 2.45) is 5.92 Å². The summed E-state index contributed by atoms with van der Waals surface area (Å²) in [7, 11) is -2.05. The molecule has 0 saturated carbocycles. The Morgan fingerprint density at radius 1 is 1.10 bits per heavy atom. The van der Waals surface area contributed by atoms with Gasteiger partial charge in [-0.3, -0.25) is 4.79 Å². The third-order valence-electron chi connectivity index (χ3n) is 5.15. The number of piperidine rings is 1. The Hall–Kier alpha value is -2.58. The third-order valence-corrected chi connectivity index (χ3v) is 7.03. The molecule has 2 aromatic rings. The highest BCUT2D eigenvalue weighted by Gasteiger charge is 2.33. The molecular weight excluding hydrogens is 404 g/mol. The van der Waals surface area contributed by atoms with Crippen LogP contribution in [0, 0.1) is 5.92 Å². The van der Waals surface area contributed by atoms with Crippen LogP contribution in [0.15, 0.2) is 53.4 Å². The van der Waals surface area contributed by atoms with E-state index in [0.29, 0.717) is 38.3 Å². The number of hydrogen-bond acceptors (Lipinski definition) is 5. The number of benzene rings is 2. The maximum absolute atomic E-state index is 13.0. The van der Waals surface area contributed by atoms with Crippen LogP contribution in [0.5, 0.6) is 11.5 Å². The van der Waals surface area contributed by atoms with E-state index in [9.17, 15) is 13.2 Å². The van der Waals surface area contributed by atoms with E-state index in [-0.39, 0.29) is 23.3 Å². The molecule has 1 atom stereocenters. The minimum absolute atomic E-state index is 0.127. The number of carbonyl (C=O) groups is 1. The summed E-state index contributed by atoms with van der Waals surface area (Å²) >= 11 is 0. The molecule has 1 N–H and O–H groups in total. The number of amides is 1. The molecule has 30 heavy (non-hydrogen) atoms. The quantitative estimate of drug-likeness (QED) is 0.693. The molecule has 0 aromatic heterocycles. The van der Waals surface area contributed by atoms with Crippen molar-refractivity contribution in [1.29, 1.82) is 0 Å². The van der Waals surface area contributed by atoms with Crippen LogP contribution in [-0.4, -0.2) is 45.4 Å². The molecule has 1 heterocycles. The Labute approximate surface area is 178 Å². The topological polar surface area (TPSA) is 84.9 Å². The minimum atomic E-state index is -3.65. The summed E-state index contributed by atoms with van der Waals surface area (Å²) in [5.74, 6) is 0.894. The van der Waals surface area contributed by atoms with Gasteiger partial charge in [0.2, 0.25) is 15.9 Å². The number of rotatable bonds is 8. The Morgan fingerprint density at radius 2 is 1.77 bits per heavy atom. The lowest BCUT2D eigenvalue weighted by molar-refractivity contribution is -0.126. The van der Waals surface area contributed by atoms with Crippen molar-refractivity contribution < 1.29 is 22.7 Å². The molecule has 0 aliphatic carbocycles. The van der Waals surface area contributed by atoms with Crippen molar-refractivity contribution in [3.63, 3.8) is 0 Å². The van der Waals surface area contributed by atoms with Gasteiger partial charge in [0.25, 0.3) is 0 Å². The van der Waals surface area contributed by atoms with Gasteiger partial charge >= 0.3 is 0 Å². The summed E-state index contributed by atoms with van der Waals surface area (Å²) in [6.45, 7) is 3.39. The molecule has 1 aliphatic rings. The Morgan fingerprint density at radius 3 is 2.40 bits per heavy atom. The van der Waals surface area contributed by atoms with Gasteiger partial charge in [0.1, 0.15) is 11.5 Å². The van der Waals surface area contributed by atoms with Crippen molar-refractivity contribution in [2.75, 3.05) is 26.8 Å². The number of carbonyl (C=O) groups excluding carboxylic acids is 1. The van der Waals surface area contributed by atoms with E-state index in [1.54, 1.807) is 31.4 Å². The van der Waals surface area contributed by atoms with Crippen LogP contribution in [0.25, 0.3) is 0 Å². The maximum Gasteiger partial charge on any atom is 0.243 e. The number of hydrogen-bond donors (Lipinski definition) is 1. The summed E-state index contributed by atoms with van der Waals surface area (Å²) in [6.07, 6.45) is 1.32. The van der Waals surface area contributed by atoms with Gasteiger partial charge in [-0.2, -0.15) is 4.31 Å². The van der Waals surface area contributed by atoms with Crippen LogP contribution >= 0.6 is 0 Å². The maximum atomic E-state index is 13.0. The first-order valence-electron chi connectivity index (χ1n) is 10.1. The molecule has 1 saturated heterocycles. The zero-order valence-corrected chi connectivity index (χ0v) is 18.2. The van der Waals surface area contributed by atoms with E-state index in [1.165, 1.54) is 4.31 Å². The first-order chi connectivity index (χ1) is 14.4. The zero-order chi connectivity index (χ0) is 21.6. The highest BCUT2D eigenvalue weighted by atomic mass is 32.2. The van der Waals surface area contributed by atoms with Crippen molar-refractivity contribution in [2.45, 2.75) is 31.2 Å². The highest BCUT2D eigenvalue weighted by molar-refractivity contribution is 7.89. The van der Waals surface area contributed by atoms with Gasteiger partial charge in [-0.15, -0.1) is 0 Å². The Balaban J connectivity index is 1.61. The lowest BCUT2D eigenvalue weighted by atomic mass is 9.99. The van der Waals surface area contributed by atoms with Crippen LogP contribution in [-0.2, 0) is 21.4 Å². The SMILES string of the molecule is CCOc1ccc(S(=O)(=O)N2CCC[C@@H](C(=O)NCc3ccc(OC)cc3)C2)cc1. The molecule has 3 rings (SSSR count). The summed E-state index contributed by atoms with van der Waals surface area (Å²) in [4.78, 5) is 12.9.